The highest BCUT2D eigenvalue weighted by atomic mass is 32.2. The first-order valence-corrected chi connectivity index (χ1v) is 9.64. The van der Waals surface area contributed by atoms with E-state index in [-0.39, 0.29) is 18.9 Å². The molecule has 0 radical (unpaired) electrons. The number of hydrogen-bond acceptors (Lipinski definition) is 3. The quantitative estimate of drug-likeness (QED) is 0.834. The van der Waals surface area contributed by atoms with E-state index >= 15 is 0 Å². The summed E-state index contributed by atoms with van der Waals surface area (Å²) in [5.74, 6) is 0.0477. The number of likely N-dealkylation sites (tertiary alicyclic amines) is 1. The molecule has 0 bridgehead atoms. The number of amides is 1. The Morgan fingerprint density at radius 3 is 2.23 bits per heavy atom. The second-order valence-corrected chi connectivity index (χ2v) is 7.62. The Morgan fingerprint density at radius 1 is 1.09 bits per heavy atom. The van der Waals surface area contributed by atoms with Gasteiger partial charge in [-0.2, -0.15) is 0 Å². The predicted octanol–water partition coefficient (Wildman–Crippen LogP) is 2.25. The van der Waals surface area contributed by atoms with Gasteiger partial charge in [0.1, 0.15) is 0 Å². The fourth-order valence-corrected chi connectivity index (χ4v) is 3.68. The van der Waals surface area contributed by atoms with Gasteiger partial charge in [0.15, 0.2) is 0 Å². The topological polar surface area (TPSA) is 57.7 Å². The van der Waals surface area contributed by atoms with Crippen LogP contribution in [0, 0.1) is 0 Å². The number of rotatable bonds is 5. The maximum Gasteiger partial charge on any atom is 0.232 e. The molecular formula is C16H24N2O3S. The van der Waals surface area contributed by atoms with Crippen molar-refractivity contribution < 1.29 is 13.2 Å². The minimum Gasteiger partial charge on any atom is -0.343 e. The van der Waals surface area contributed by atoms with Crippen molar-refractivity contribution in [2.45, 2.75) is 32.1 Å². The van der Waals surface area contributed by atoms with Crippen LogP contribution in [0.25, 0.3) is 0 Å². The Balaban J connectivity index is 2.01. The molecule has 1 heterocycles. The van der Waals surface area contributed by atoms with Gasteiger partial charge in [-0.15, -0.1) is 0 Å². The largest absolute Gasteiger partial charge is 0.343 e. The third-order valence-electron chi connectivity index (χ3n) is 3.93. The van der Waals surface area contributed by atoms with E-state index in [4.69, 9.17) is 0 Å². The lowest BCUT2D eigenvalue weighted by Gasteiger charge is -2.25. The molecule has 5 nitrogen and oxygen atoms in total. The summed E-state index contributed by atoms with van der Waals surface area (Å²) in [6, 6.07) is 8.93. The Morgan fingerprint density at radius 2 is 1.68 bits per heavy atom. The van der Waals surface area contributed by atoms with Gasteiger partial charge in [-0.3, -0.25) is 9.10 Å². The molecular weight excluding hydrogens is 300 g/mol. The van der Waals surface area contributed by atoms with E-state index in [0.717, 1.165) is 25.9 Å². The summed E-state index contributed by atoms with van der Waals surface area (Å²) in [4.78, 5) is 14.2. The molecule has 122 valence electrons. The second-order valence-electron chi connectivity index (χ2n) is 5.72. The zero-order chi connectivity index (χ0) is 16.0. The molecule has 0 unspecified atom stereocenters. The van der Waals surface area contributed by atoms with Crippen LogP contribution in [-0.2, 0) is 14.8 Å². The zero-order valence-corrected chi connectivity index (χ0v) is 13.9. The summed E-state index contributed by atoms with van der Waals surface area (Å²) in [5.41, 5.74) is 0.605. The Hall–Kier alpha value is -1.56. The minimum atomic E-state index is -3.39. The zero-order valence-electron chi connectivity index (χ0n) is 13.1. The van der Waals surface area contributed by atoms with Crippen LogP contribution in [0.4, 0.5) is 5.69 Å². The van der Waals surface area contributed by atoms with Crippen molar-refractivity contribution >= 4 is 21.6 Å². The van der Waals surface area contributed by atoms with Gasteiger partial charge in [-0.1, -0.05) is 31.0 Å². The lowest BCUT2D eigenvalue weighted by Crippen LogP contribution is -2.37. The molecule has 1 fully saturated rings. The monoisotopic (exact) mass is 324 g/mol. The number of benzene rings is 1. The standard InChI is InChI=1S/C16H24N2O3S/c1-22(20,21)18(15-9-5-4-6-10-15)14-11-16(19)17-12-7-2-3-8-13-17/h4-6,9-10H,2-3,7-8,11-14H2,1H3. The summed E-state index contributed by atoms with van der Waals surface area (Å²) < 4.78 is 25.3. The van der Waals surface area contributed by atoms with Crippen LogP contribution in [0.3, 0.4) is 0 Å². The molecule has 0 N–H and O–H groups in total. The van der Waals surface area contributed by atoms with Crippen molar-refractivity contribution in [1.29, 1.82) is 0 Å². The van der Waals surface area contributed by atoms with Crippen molar-refractivity contribution in [2.24, 2.45) is 0 Å². The summed E-state index contributed by atoms with van der Waals surface area (Å²) in [6.07, 6.45) is 5.82. The number of sulfonamides is 1. The molecule has 0 aliphatic carbocycles. The average Bonchev–Trinajstić information content (AvgIpc) is 2.76. The molecule has 0 saturated carbocycles. The fraction of sp³-hybridized carbons (Fsp3) is 0.562. The maximum atomic E-state index is 12.3. The van der Waals surface area contributed by atoms with E-state index in [1.807, 2.05) is 11.0 Å². The SMILES string of the molecule is CS(=O)(=O)N(CCC(=O)N1CCCCCC1)c1ccccc1. The summed E-state index contributed by atoms with van der Waals surface area (Å²) in [5, 5.41) is 0. The van der Waals surface area contributed by atoms with Gasteiger partial charge < -0.3 is 4.90 Å². The van der Waals surface area contributed by atoms with Gasteiger partial charge in [0.2, 0.25) is 15.9 Å². The van der Waals surface area contributed by atoms with E-state index in [0.29, 0.717) is 5.69 Å². The lowest BCUT2D eigenvalue weighted by molar-refractivity contribution is -0.130. The molecule has 6 heteroatoms. The first-order valence-electron chi connectivity index (χ1n) is 7.79. The summed E-state index contributed by atoms with van der Waals surface area (Å²) in [6.45, 7) is 1.78. The van der Waals surface area contributed by atoms with Crippen molar-refractivity contribution in [3.8, 4) is 0 Å². The highest BCUT2D eigenvalue weighted by Crippen LogP contribution is 2.18. The fourth-order valence-electron chi connectivity index (χ4n) is 2.76. The third kappa shape index (κ3) is 4.73. The molecule has 1 saturated heterocycles. The average molecular weight is 324 g/mol. The van der Waals surface area contributed by atoms with Crippen molar-refractivity contribution in [3.63, 3.8) is 0 Å². The number of carbonyl (C=O) groups excluding carboxylic acids is 1. The first-order chi connectivity index (χ1) is 10.5. The van der Waals surface area contributed by atoms with E-state index in [1.54, 1.807) is 24.3 Å². The maximum absolute atomic E-state index is 12.3. The van der Waals surface area contributed by atoms with Crippen LogP contribution < -0.4 is 4.31 Å². The van der Waals surface area contributed by atoms with E-state index in [2.05, 4.69) is 0 Å². The predicted molar refractivity (Wildman–Crippen MR) is 88.3 cm³/mol. The Labute approximate surface area is 133 Å². The number of nitrogens with zero attached hydrogens (tertiary/aromatic N) is 2. The van der Waals surface area contributed by atoms with E-state index in [1.165, 1.54) is 23.4 Å². The van der Waals surface area contributed by atoms with Gasteiger partial charge in [-0.25, -0.2) is 8.42 Å². The minimum absolute atomic E-state index is 0.0477. The van der Waals surface area contributed by atoms with Gasteiger partial charge in [0.05, 0.1) is 11.9 Å². The highest BCUT2D eigenvalue weighted by molar-refractivity contribution is 7.92. The number of carbonyl (C=O) groups is 1. The molecule has 2 rings (SSSR count). The lowest BCUT2D eigenvalue weighted by atomic mass is 10.2. The molecule has 1 aromatic rings. The molecule has 0 aromatic heterocycles. The Kier molecular flexibility index (Phi) is 5.83. The number of anilines is 1. The molecule has 1 amide bonds. The van der Waals surface area contributed by atoms with Crippen molar-refractivity contribution in [2.75, 3.05) is 30.2 Å². The van der Waals surface area contributed by atoms with Crippen LogP contribution >= 0.6 is 0 Å². The molecule has 0 spiro atoms. The van der Waals surface area contributed by atoms with Gasteiger partial charge in [0.25, 0.3) is 0 Å². The number of para-hydroxylation sites is 1. The smallest absolute Gasteiger partial charge is 0.232 e. The van der Waals surface area contributed by atoms with Crippen LogP contribution in [0.5, 0.6) is 0 Å². The normalized spacial score (nSPS) is 16.1. The molecule has 22 heavy (non-hydrogen) atoms. The van der Waals surface area contributed by atoms with Crippen molar-refractivity contribution in [1.82, 2.24) is 4.90 Å². The third-order valence-corrected chi connectivity index (χ3v) is 5.13. The highest BCUT2D eigenvalue weighted by Gasteiger charge is 2.21. The van der Waals surface area contributed by atoms with E-state index in [9.17, 15) is 13.2 Å². The van der Waals surface area contributed by atoms with Crippen molar-refractivity contribution in [3.05, 3.63) is 30.3 Å². The first kappa shape index (κ1) is 16.8. The molecule has 1 aliphatic rings. The van der Waals surface area contributed by atoms with Gasteiger partial charge in [-0.05, 0) is 25.0 Å². The molecule has 1 aromatic carbocycles. The van der Waals surface area contributed by atoms with Gasteiger partial charge >= 0.3 is 0 Å². The van der Waals surface area contributed by atoms with Crippen LogP contribution in [0.1, 0.15) is 32.1 Å². The number of hydrogen-bond donors (Lipinski definition) is 0. The van der Waals surface area contributed by atoms with Gasteiger partial charge in [0, 0.05) is 26.1 Å². The van der Waals surface area contributed by atoms with Crippen LogP contribution in [0.2, 0.25) is 0 Å². The summed E-state index contributed by atoms with van der Waals surface area (Å²) >= 11 is 0. The summed E-state index contributed by atoms with van der Waals surface area (Å²) in [7, 11) is -3.39. The molecule has 0 atom stereocenters. The molecule has 1 aliphatic heterocycles. The van der Waals surface area contributed by atoms with E-state index < -0.39 is 10.0 Å². The van der Waals surface area contributed by atoms with Crippen LogP contribution in [-0.4, -0.2) is 45.1 Å². The van der Waals surface area contributed by atoms with Crippen LogP contribution in [0.15, 0.2) is 30.3 Å². The second kappa shape index (κ2) is 7.63. The Bertz CT molecular complexity index is 579.